The number of likely N-dealkylation sites (tertiary alicyclic amines) is 2. The summed E-state index contributed by atoms with van der Waals surface area (Å²) in [6.45, 7) is 3.18. The smallest absolute Gasteiger partial charge is 0.415 e. The first kappa shape index (κ1) is 35.5. The Labute approximate surface area is 293 Å². The second-order valence-electron chi connectivity index (χ2n) is 14.4. The lowest BCUT2D eigenvalue weighted by atomic mass is 9.53. The number of piperidine rings is 2. The van der Waals surface area contributed by atoms with Gasteiger partial charge < -0.3 is 46.1 Å². The fraction of sp³-hybridized carbons (Fsp3) is 0.639. The number of carbonyl (C=O) groups excluding carboxylic acids is 4. The van der Waals surface area contributed by atoms with E-state index in [1.54, 1.807) is 12.0 Å². The van der Waals surface area contributed by atoms with E-state index in [-0.39, 0.29) is 54.5 Å². The fourth-order valence-electron chi connectivity index (χ4n) is 8.98. The van der Waals surface area contributed by atoms with Crippen molar-refractivity contribution in [3.8, 4) is 11.5 Å². The minimum atomic E-state index is -0.633. The van der Waals surface area contributed by atoms with E-state index in [2.05, 4.69) is 33.6 Å². The number of amides is 3. The zero-order chi connectivity index (χ0) is 35.6. The number of methoxy groups -OCH3 is 1. The van der Waals surface area contributed by atoms with Crippen LogP contribution in [0.4, 0.5) is 4.79 Å². The summed E-state index contributed by atoms with van der Waals surface area (Å²) in [5.41, 5.74) is 13.1. The summed E-state index contributed by atoms with van der Waals surface area (Å²) in [5, 5.41) is 5.50. The maximum Gasteiger partial charge on any atom is 0.415 e. The van der Waals surface area contributed by atoms with Gasteiger partial charge in [-0.05, 0) is 88.6 Å². The minimum Gasteiger partial charge on any atom is -0.493 e. The van der Waals surface area contributed by atoms with E-state index >= 15 is 0 Å². The van der Waals surface area contributed by atoms with Gasteiger partial charge in [-0.25, -0.2) is 4.79 Å². The molecule has 2 unspecified atom stereocenters. The molecule has 2 aliphatic carbocycles. The molecule has 0 aromatic heterocycles. The average molecular weight is 694 g/mol. The van der Waals surface area contributed by atoms with Crippen molar-refractivity contribution in [2.75, 3.05) is 46.9 Å². The Morgan fingerprint density at radius 2 is 1.98 bits per heavy atom. The molecule has 14 heteroatoms. The molecule has 3 aliphatic heterocycles. The molecule has 0 radical (unpaired) electrons. The SMILES string of the molecule is COc1ccc2c3c1OC1C(OC(=O)N4CCCC[C@@H]4CNC(=O)[C@H](CCCN=C(N)N)CC(=O)CNC(C)=O)=CCC4[C@@H](C2)N(C)CC[C@]314. The van der Waals surface area contributed by atoms with Crippen molar-refractivity contribution in [2.45, 2.75) is 88.3 Å². The number of guanidine groups is 1. The number of ketones is 1. The maximum absolute atomic E-state index is 14.0. The van der Waals surface area contributed by atoms with Gasteiger partial charge in [0.05, 0.1) is 19.7 Å². The highest BCUT2D eigenvalue weighted by molar-refractivity contribution is 5.89. The summed E-state index contributed by atoms with van der Waals surface area (Å²) in [7, 11) is 3.86. The van der Waals surface area contributed by atoms with Crippen molar-refractivity contribution in [1.82, 2.24) is 20.4 Å². The number of nitrogens with two attached hydrogens (primary N) is 2. The van der Waals surface area contributed by atoms with Gasteiger partial charge in [0.1, 0.15) is 5.76 Å². The van der Waals surface area contributed by atoms with E-state index < -0.39 is 18.1 Å². The van der Waals surface area contributed by atoms with Crippen LogP contribution < -0.4 is 31.6 Å². The Morgan fingerprint density at radius 1 is 1.16 bits per heavy atom. The van der Waals surface area contributed by atoms with Crippen molar-refractivity contribution in [3.05, 3.63) is 35.1 Å². The molecule has 1 aromatic carbocycles. The summed E-state index contributed by atoms with van der Waals surface area (Å²) in [4.78, 5) is 59.5. The molecule has 272 valence electrons. The van der Waals surface area contributed by atoms with Crippen molar-refractivity contribution in [1.29, 1.82) is 0 Å². The highest BCUT2D eigenvalue weighted by atomic mass is 16.6. The maximum atomic E-state index is 14.0. The largest absolute Gasteiger partial charge is 0.493 e. The average Bonchev–Trinajstić information content (AvgIpc) is 3.45. The summed E-state index contributed by atoms with van der Waals surface area (Å²) >= 11 is 0. The van der Waals surface area contributed by atoms with Crippen LogP contribution in [0.1, 0.15) is 69.4 Å². The van der Waals surface area contributed by atoms with Crippen LogP contribution in [-0.4, -0.2) is 105 Å². The molecule has 5 aliphatic rings. The first-order chi connectivity index (χ1) is 24.0. The second-order valence-corrected chi connectivity index (χ2v) is 14.4. The lowest BCUT2D eigenvalue weighted by Crippen LogP contribution is -2.63. The number of nitrogens with zero attached hydrogens (tertiary/aromatic N) is 3. The Kier molecular flexibility index (Phi) is 10.6. The number of hydrogen-bond acceptors (Lipinski definition) is 9. The number of ether oxygens (including phenoxy) is 3. The van der Waals surface area contributed by atoms with Crippen molar-refractivity contribution in [3.63, 3.8) is 0 Å². The minimum absolute atomic E-state index is 0.0335. The van der Waals surface area contributed by atoms with Gasteiger partial charge in [-0.15, -0.1) is 0 Å². The molecule has 14 nitrogen and oxygen atoms in total. The molecule has 3 heterocycles. The van der Waals surface area contributed by atoms with Crippen LogP contribution in [0.15, 0.2) is 29.0 Å². The number of hydrogen-bond donors (Lipinski definition) is 4. The number of Topliss-reactive ketones (excluding diaryl/α,β-unsaturated/α-hetero) is 1. The quantitative estimate of drug-likeness (QED) is 0.134. The highest BCUT2D eigenvalue weighted by Crippen LogP contribution is 2.63. The van der Waals surface area contributed by atoms with Crippen molar-refractivity contribution in [2.24, 2.45) is 28.3 Å². The van der Waals surface area contributed by atoms with Gasteiger partial charge in [0, 0.05) is 55.9 Å². The van der Waals surface area contributed by atoms with Crippen molar-refractivity contribution < 1.29 is 33.4 Å². The molecule has 3 amide bonds. The number of benzene rings is 1. The topological polar surface area (TPSA) is 191 Å². The van der Waals surface area contributed by atoms with E-state index in [1.165, 1.54) is 18.1 Å². The summed E-state index contributed by atoms with van der Waals surface area (Å²) in [5.74, 6) is 0.832. The number of allylic oxidation sites excluding steroid dienone is 1. The number of nitrogens with one attached hydrogen (secondary N) is 2. The monoisotopic (exact) mass is 693 g/mol. The van der Waals surface area contributed by atoms with Crippen LogP contribution in [0.5, 0.6) is 11.5 Å². The summed E-state index contributed by atoms with van der Waals surface area (Å²) in [6, 6.07) is 4.25. The molecule has 50 heavy (non-hydrogen) atoms. The molecule has 1 spiro atoms. The molecule has 6 atom stereocenters. The van der Waals surface area contributed by atoms with Crippen LogP contribution in [0.3, 0.4) is 0 Å². The Bertz CT molecular complexity index is 1560. The number of aliphatic imine (C=N–C) groups is 1. The Morgan fingerprint density at radius 3 is 2.74 bits per heavy atom. The van der Waals surface area contributed by atoms with Crippen LogP contribution >= 0.6 is 0 Å². The standard InChI is InChI=1S/C36H51N7O7/c1-21(44)40-20-25(45)17-23(7-6-14-39-34(37)38)33(46)41-19-24-8-4-5-15-43(24)35(47)49-29-12-10-26-27-18-22-9-11-28(48-3)31-30(22)36(26,32(29)50-31)13-16-42(27)2/h9,11-12,23-24,26-27,32H,4-8,10,13-20H2,1-3H3,(H,40,44)(H,41,46)(H4,37,38,39)/t23-,24-,26?,27-,32?,36+/m1/s1. The van der Waals surface area contributed by atoms with Gasteiger partial charge in [-0.2, -0.15) is 0 Å². The fourth-order valence-corrected chi connectivity index (χ4v) is 8.98. The van der Waals surface area contributed by atoms with Crippen LogP contribution in [-0.2, 0) is 31.0 Å². The van der Waals surface area contributed by atoms with Gasteiger partial charge in [0.15, 0.2) is 29.3 Å². The number of rotatable bonds is 13. The normalized spacial score (nSPS) is 26.8. The van der Waals surface area contributed by atoms with E-state index in [0.29, 0.717) is 55.8 Å². The molecule has 2 bridgehead atoms. The van der Waals surface area contributed by atoms with E-state index in [0.717, 1.165) is 44.4 Å². The van der Waals surface area contributed by atoms with Crippen LogP contribution in [0.2, 0.25) is 0 Å². The lowest BCUT2D eigenvalue weighted by molar-refractivity contribution is -0.130. The van der Waals surface area contributed by atoms with Gasteiger partial charge in [-0.1, -0.05) is 6.07 Å². The van der Waals surface area contributed by atoms with Gasteiger partial charge in [0.25, 0.3) is 0 Å². The predicted octanol–water partition coefficient (Wildman–Crippen LogP) is 1.73. The van der Waals surface area contributed by atoms with Gasteiger partial charge >= 0.3 is 6.09 Å². The van der Waals surface area contributed by atoms with E-state index in [4.69, 9.17) is 25.7 Å². The van der Waals surface area contributed by atoms with Gasteiger partial charge in [0.2, 0.25) is 11.8 Å². The molecular weight excluding hydrogens is 642 g/mol. The van der Waals surface area contributed by atoms with E-state index in [1.807, 2.05) is 12.1 Å². The van der Waals surface area contributed by atoms with Crippen molar-refractivity contribution >= 4 is 29.7 Å². The van der Waals surface area contributed by atoms with Crippen LogP contribution in [0, 0.1) is 11.8 Å². The third-order valence-electron chi connectivity index (χ3n) is 11.4. The molecule has 2 saturated heterocycles. The number of likely N-dealkylation sites (N-methyl/N-ethyl adjacent to an activating group) is 1. The number of carbonyl (C=O) groups is 4. The first-order valence-corrected chi connectivity index (χ1v) is 17.9. The van der Waals surface area contributed by atoms with Gasteiger partial charge in [-0.3, -0.25) is 19.4 Å². The lowest BCUT2D eigenvalue weighted by Gasteiger charge is -2.56. The van der Waals surface area contributed by atoms with E-state index in [9.17, 15) is 19.2 Å². The third kappa shape index (κ3) is 6.86. The second kappa shape index (κ2) is 14.9. The summed E-state index contributed by atoms with van der Waals surface area (Å²) < 4.78 is 18.8. The predicted molar refractivity (Wildman–Crippen MR) is 186 cm³/mol. The zero-order valence-corrected chi connectivity index (χ0v) is 29.4. The highest BCUT2D eigenvalue weighted by Gasteiger charge is 2.65. The van der Waals surface area contributed by atoms with Crippen LogP contribution in [0.25, 0.3) is 0 Å². The third-order valence-corrected chi connectivity index (χ3v) is 11.4. The molecule has 1 aromatic rings. The first-order valence-electron chi connectivity index (χ1n) is 17.9. The summed E-state index contributed by atoms with van der Waals surface area (Å²) in [6.07, 6.45) is 7.11. The Balaban J connectivity index is 1.14. The molecule has 2 fully saturated rings. The zero-order valence-electron chi connectivity index (χ0n) is 29.4. The Hall–Kier alpha value is -4.33. The molecule has 6 rings (SSSR count). The molecule has 6 N–H and O–H groups in total. The molecular formula is C36H51N7O7. The molecule has 0 saturated carbocycles.